The molecule has 1 aromatic heterocycles. The summed E-state index contributed by atoms with van der Waals surface area (Å²) in [4.78, 5) is 17.5. The third kappa shape index (κ3) is 4.75. The maximum Gasteiger partial charge on any atom is 0.251 e. The van der Waals surface area contributed by atoms with Crippen LogP contribution in [0.15, 0.2) is 72.8 Å². The fraction of sp³-hybridized carbons (Fsp3) is 0.231. The molecule has 164 valence electrons. The van der Waals surface area contributed by atoms with E-state index in [1.165, 1.54) is 5.56 Å². The van der Waals surface area contributed by atoms with Gasteiger partial charge in [-0.2, -0.15) is 0 Å². The van der Waals surface area contributed by atoms with Crippen molar-refractivity contribution in [3.05, 3.63) is 89.7 Å². The largest absolute Gasteiger partial charge is 0.493 e. The summed E-state index contributed by atoms with van der Waals surface area (Å²) in [7, 11) is 3.13. The van der Waals surface area contributed by atoms with Crippen LogP contribution >= 0.6 is 0 Å². The van der Waals surface area contributed by atoms with Crippen molar-refractivity contribution in [1.82, 2.24) is 14.9 Å². The Kier molecular flexibility index (Phi) is 6.70. The first-order valence-electron chi connectivity index (χ1n) is 10.7. The average Bonchev–Trinajstić information content (AvgIpc) is 3.20. The number of nitrogens with zero attached hydrogens (tertiary/aromatic N) is 2. The molecule has 32 heavy (non-hydrogen) atoms. The SMILES string of the molecule is COc1ccc(C(=O)NCCc2nc3ccccc3n2CCc2ccccc2)cc1OC. The molecule has 0 atom stereocenters. The van der Waals surface area contributed by atoms with Crippen LogP contribution in [0.4, 0.5) is 0 Å². The highest BCUT2D eigenvalue weighted by atomic mass is 16.5. The summed E-state index contributed by atoms with van der Waals surface area (Å²) in [6.07, 6.45) is 1.56. The lowest BCUT2D eigenvalue weighted by Gasteiger charge is -2.11. The highest BCUT2D eigenvalue weighted by molar-refractivity contribution is 5.94. The number of amides is 1. The van der Waals surface area contributed by atoms with Gasteiger partial charge in [0, 0.05) is 25.1 Å². The monoisotopic (exact) mass is 429 g/mol. The van der Waals surface area contributed by atoms with Crippen molar-refractivity contribution in [3.8, 4) is 11.5 Å². The minimum absolute atomic E-state index is 0.155. The van der Waals surface area contributed by atoms with Crippen molar-refractivity contribution >= 4 is 16.9 Å². The van der Waals surface area contributed by atoms with Gasteiger partial charge in [0.1, 0.15) is 5.82 Å². The lowest BCUT2D eigenvalue weighted by atomic mass is 10.1. The predicted octanol–water partition coefficient (Wildman–Crippen LogP) is 4.27. The summed E-state index contributed by atoms with van der Waals surface area (Å²) < 4.78 is 12.8. The van der Waals surface area contributed by atoms with Crippen LogP contribution in [0.3, 0.4) is 0 Å². The zero-order chi connectivity index (χ0) is 22.3. The van der Waals surface area contributed by atoms with Gasteiger partial charge in [0.2, 0.25) is 0 Å². The highest BCUT2D eigenvalue weighted by Crippen LogP contribution is 2.27. The third-order valence-electron chi connectivity index (χ3n) is 5.48. The second kappa shape index (κ2) is 10.0. The van der Waals surface area contributed by atoms with Crippen molar-refractivity contribution in [2.75, 3.05) is 20.8 Å². The number of carbonyl (C=O) groups is 1. The van der Waals surface area contributed by atoms with Gasteiger partial charge < -0.3 is 19.4 Å². The number of imidazole rings is 1. The Labute approximate surface area is 187 Å². The molecule has 1 N–H and O–H groups in total. The number of ether oxygens (including phenoxy) is 2. The van der Waals surface area contributed by atoms with Gasteiger partial charge in [-0.1, -0.05) is 42.5 Å². The van der Waals surface area contributed by atoms with Crippen LogP contribution in [0.5, 0.6) is 11.5 Å². The molecule has 0 aliphatic rings. The first-order valence-corrected chi connectivity index (χ1v) is 10.7. The Hall–Kier alpha value is -3.80. The fourth-order valence-electron chi connectivity index (χ4n) is 3.82. The maximum absolute atomic E-state index is 12.6. The summed E-state index contributed by atoms with van der Waals surface area (Å²) in [5.74, 6) is 1.94. The van der Waals surface area contributed by atoms with Gasteiger partial charge in [-0.3, -0.25) is 4.79 Å². The molecule has 6 nitrogen and oxygen atoms in total. The minimum Gasteiger partial charge on any atom is -0.493 e. The Balaban J connectivity index is 1.45. The summed E-state index contributed by atoms with van der Waals surface area (Å²) in [6.45, 7) is 1.32. The van der Waals surface area contributed by atoms with Crippen molar-refractivity contribution in [1.29, 1.82) is 0 Å². The topological polar surface area (TPSA) is 65.4 Å². The fourth-order valence-corrected chi connectivity index (χ4v) is 3.82. The van der Waals surface area contributed by atoms with E-state index < -0.39 is 0 Å². The Morgan fingerprint density at radius 2 is 1.66 bits per heavy atom. The molecule has 4 aromatic rings. The molecule has 1 amide bonds. The zero-order valence-corrected chi connectivity index (χ0v) is 18.4. The maximum atomic E-state index is 12.6. The van der Waals surface area contributed by atoms with Gasteiger partial charge in [0.15, 0.2) is 11.5 Å². The number of para-hydroxylation sites is 2. The number of aromatic nitrogens is 2. The molecule has 0 fully saturated rings. The summed E-state index contributed by atoms with van der Waals surface area (Å²) >= 11 is 0. The molecule has 0 saturated carbocycles. The van der Waals surface area contributed by atoms with Gasteiger partial charge in [-0.05, 0) is 42.3 Å². The van der Waals surface area contributed by atoms with Gasteiger partial charge >= 0.3 is 0 Å². The predicted molar refractivity (Wildman–Crippen MR) is 125 cm³/mol. The number of nitrogens with one attached hydrogen (secondary N) is 1. The molecule has 0 bridgehead atoms. The van der Waals surface area contributed by atoms with E-state index in [4.69, 9.17) is 14.5 Å². The molecular formula is C26H27N3O3. The molecule has 0 spiro atoms. The number of rotatable bonds is 9. The average molecular weight is 430 g/mol. The van der Waals surface area contributed by atoms with E-state index in [1.54, 1.807) is 32.4 Å². The first-order chi connectivity index (χ1) is 15.7. The minimum atomic E-state index is -0.155. The smallest absolute Gasteiger partial charge is 0.251 e. The normalized spacial score (nSPS) is 10.8. The van der Waals surface area contributed by atoms with Crippen LogP contribution in [0, 0.1) is 0 Å². The molecule has 0 radical (unpaired) electrons. The number of benzene rings is 3. The van der Waals surface area contributed by atoms with E-state index in [0.29, 0.717) is 30.0 Å². The molecule has 0 aliphatic heterocycles. The molecule has 4 rings (SSSR count). The number of carbonyl (C=O) groups excluding carboxylic acids is 1. The summed E-state index contributed by atoms with van der Waals surface area (Å²) in [5, 5.41) is 2.99. The van der Waals surface area contributed by atoms with E-state index >= 15 is 0 Å². The van der Waals surface area contributed by atoms with Crippen LogP contribution in [-0.4, -0.2) is 36.2 Å². The Bertz CT molecular complexity index is 1200. The number of hydrogen-bond donors (Lipinski definition) is 1. The van der Waals surface area contributed by atoms with E-state index in [-0.39, 0.29) is 5.91 Å². The Morgan fingerprint density at radius 3 is 2.44 bits per heavy atom. The van der Waals surface area contributed by atoms with Crippen LogP contribution in [0.1, 0.15) is 21.7 Å². The van der Waals surface area contributed by atoms with E-state index in [2.05, 4.69) is 40.2 Å². The molecule has 3 aromatic carbocycles. The second-order valence-corrected chi connectivity index (χ2v) is 7.48. The lowest BCUT2D eigenvalue weighted by molar-refractivity contribution is 0.0953. The number of hydrogen-bond acceptors (Lipinski definition) is 4. The molecular weight excluding hydrogens is 402 g/mol. The standard InChI is InChI=1S/C26H27N3O3/c1-31-23-13-12-20(18-24(23)32-2)26(30)27-16-14-25-28-21-10-6-7-11-22(21)29(25)17-15-19-8-4-3-5-9-19/h3-13,18H,14-17H2,1-2H3,(H,27,30). The van der Waals surface area contributed by atoms with Crippen LogP contribution in [0.2, 0.25) is 0 Å². The van der Waals surface area contributed by atoms with Gasteiger partial charge in [-0.15, -0.1) is 0 Å². The second-order valence-electron chi connectivity index (χ2n) is 7.48. The van der Waals surface area contributed by atoms with Crippen molar-refractivity contribution in [2.45, 2.75) is 19.4 Å². The van der Waals surface area contributed by atoms with Crippen molar-refractivity contribution in [2.24, 2.45) is 0 Å². The Morgan fingerprint density at radius 1 is 0.906 bits per heavy atom. The highest BCUT2D eigenvalue weighted by Gasteiger charge is 2.13. The molecule has 1 heterocycles. The van der Waals surface area contributed by atoms with E-state index in [0.717, 1.165) is 29.8 Å². The molecule has 0 unspecified atom stereocenters. The van der Waals surface area contributed by atoms with Crippen molar-refractivity contribution in [3.63, 3.8) is 0 Å². The first kappa shape index (κ1) is 21.4. The quantitative estimate of drug-likeness (QED) is 0.432. The van der Waals surface area contributed by atoms with Crippen LogP contribution in [-0.2, 0) is 19.4 Å². The summed E-state index contributed by atoms with van der Waals surface area (Å²) in [6, 6.07) is 23.7. The molecule has 0 saturated heterocycles. The van der Waals surface area contributed by atoms with Crippen LogP contribution in [0.25, 0.3) is 11.0 Å². The lowest BCUT2D eigenvalue weighted by Crippen LogP contribution is -2.26. The van der Waals surface area contributed by atoms with Gasteiger partial charge in [0.25, 0.3) is 5.91 Å². The zero-order valence-electron chi connectivity index (χ0n) is 18.4. The summed E-state index contributed by atoms with van der Waals surface area (Å²) in [5.41, 5.74) is 3.91. The van der Waals surface area contributed by atoms with Gasteiger partial charge in [0.05, 0.1) is 25.3 Å². The molecule has 6 heteroatoms. The number of fused-ring (bicyclic) bond motifs is 1. The van der Waals surface area contributed by atoms with Crippen LogP contribution < -0.4 is 14.8 Å². The van der Waals surface area contributed by atoms with E-state index in [1.807, 2.05) is 24.3 Å². The van der Waals surface area contributed by atoms with Crippen molar-refractivity contribution < 1.29 is 14.3 Å². The van der Waals surface area contributed by atoms with E-state index in [9.17, 15) is 4.79 Å². The number of aryl methyl sites for hydroxylation is 2. The van der Waals surface area contributed by atoms with Gasteiger partial charge in [-0.25, -0.2) is 4.98 Å². The third-order valence-corrected chi connectivity index (χ3v) is 5.48. The number of methoxy groups -OCH3 is 2. The molecule has 0 aliphatic carbocycles.